The van der Waals surface area contributed by atoms with Crippen LogP contribution in [-0.2, 0) is 4.79 Å². The number of ether oxygens (including phenoxy) is 2. The van der Waals surface area contributed by atoms with E-state index < -0.39 is 0 Å². The van der Waals surface area contributed by atoms with Crippen molar-refractivity contribution in [3.63, 3.8) is 0 Å². The lowest BCUT2D eigenvalue weighted by Crippen LogP contribution is -2.19. The van der Waals surface area contributed by atoms with Crippen molar-refractivity contribution in [3.8, 4) is 11.5 Å². The number of carbonyl (C=O) groups is 1. The van der Waals surface area contributed by atoms with Crippen LogP contribution < -0.4 is 14.9 Å². The molecule has 5 nitrogen and oxygen atoms in total. The molecular formula is C18H20N2O3S. The van der Waals surface area contributed by atoms with Gasteiger partial charge in [0.25, 0.3) is 0 Å². The minimum atomic E-state index is -0.168. The van der Waals surface area contributed by atoms with Gasteiger partial charge in [0.1, 0.15) is 0 Å². The summed E-state index contributed by atoms with van der Waals surface area (Å²) in [6, 6.07) is 13.5. The van der Waals surface area contributed by atoms with Crippen molar-refractivity contribution in [2.75, 3.05) is 20.0 Å². The molecule has 0 atom stereocenters. The lowest BCUT2D eigenvalue weighted by atomic mass is 10.2. The number of carbonyl (C=O) groups excluding carboxylic acids is 1. The van der Waals surface area contributed by atoms with Crippen LogP contribution in [0.1, 0.15) is 11.1 Å². The molecule has 2 rings (SSSR count). The molecule has 1 N–H and O–H groups in total. The van der Waals surface area contributed by atoms with Crippen LogP contribution in [0, 0.1) is 6.92 Å². The van der Waals surface area contributed by atoms with E-state index in [1.807, 2.05) is 43.3 Å². The highest BCUT2D eigenvalue weighted by atomic mass is 32.2. The van der Waals surface area contributed by atoms with Crippen molar-refractivity contribution in [3.05, 3.63) is 53.6 Å². The molecular weight excluding hydrogens is 324 g/mol. The quantitative estimate of drug-likeness (QED) is 0.476. The average Bonchev–Trinajstić information content (AvgIpc) is 2.61. The average molecular weight is 344 g/mol. The molecule has 0 aromatic heterocycles. The summed E-state index contributed by atoms with van der Waals surface area (Å²) in [7, 11) is 3.13. The van der Waals surface area contributed by atoms with Crippen LogP contribution in [-0.4, -0.2) is 32.1 Å². The normalized spacial score (nSPS) is 10.6. The van der Waals surface area contributed by atoms with E-state index in [0.29, 0.717) is 17.3 Å². The maximum absolute atomic E-state index is 11.8. The first-order chi connectivity index (χ1) is 11.6. The van der Waals surface area contributed by atoms with Crippen LogP contribution >= 0.6 is 11.8 Å². The highest BCUT2D eigenvalue weighted by Crippen LogP contribution is 2.29. The fourth-order valence-corrected chi connectivity index (χ4v) is 2.69. The molecule has 0 saturated heterocycles. The third-order valence-corrected chi connectivity index (χ3v) is 4.23. The van der Waals surface area contributed by atoms with Gasteiger partial charge in [0.2, 0.25) is 5.91 Å². The smallest absolute Gasteiger partial charge is 0.250 e. The third-order valence-electron chi connectivity index (χ3n) is 3.22. The highest BCUT2D eigenvalue weighted by Gasteiger charge is 2.07. The number of hydrogen-bond donors (Lipinski definition) is 1. The van der Waals surface area contributed by atoms with Gasteiger partial charge in [-0.25, -0.2) is 5.43 Å². The first kappa shape index (κ1) is 17.9. The van der Waals surface area contributed by atoms with Gasteiger partial charge in [-0.1, -0.05) is 23.8 Å². The van der Waals surface area contributed by atoms with Gasteiger partial charge in [-0.05, 0) is 31.2 Å². The second-order valence-electron chi connectivity index (χ2n) is 4.98. The number of benzene rings is 2. The molecule has 126 valence electrons. The molecule has 2 aromatic carbocycles. The molecule has 24 heavy (non-hydrogen) atoms. The number of hydrogen-bond acceptors (Lipinski definition) is 5. The predicted octanol–water partition coefficient (Wildman–Crippen LogP) is 3.25. The van der Waals surface area contributed by atoms with Gasteiger partial charge >= 0.3 is 0 Å². The Bertz CT molecular complexity index is 715. The van der Waals surface area contributed by atoms with Crippen molar-refractivity contribution in [2.45, 2.75) is 11.8 Å². The number of thioether (sulfide) groups is 1. The van der Waals surface area contributed by atoms with Gasteiger partial charge in [0, 0.05) is 10.5 Å². The SMILES string of the molecule is COc1cccc(/C=N\NC(=O)CSc2ccc(C)cc2)c1OC. The molecule has 1 amide bonds. The number of aryl methyl sites for hydroxylation is 1. The zero-order valence-corrected chi connectivity index (χ0v) is 14.7. The molecule has 6 heteroatoms. The summed E-state index contributed by atoms with van der Waals surface area (Å²) in [5.41, 5.74) is 4.44. The van der Waals surface area contributed by atoms with Gasteiger partial charge in [0.05, 0.1) is 26.2 Å². The van der Waals surface area contributed by atoms with Gasteiger partial charge in [-0.2, -0.15) is 5.10 Å². The van der Waals surface area contributed by atoms with Gasteiger partial charge in [-0.3, -0.25) is 4.79 Å². The van der Waals surface area contributed by atoms with Crippen molar-refractivity contribution in [1.29, 1.82) is 0 Å². The Morgan fingerprint density at radius 2 is 1.92 bits per heavy atom. The fourth-order valence-electron chi connectivity index (χ4n) is 2.00. The number of nitrogens with zero attached hydrogens (tertiary/aromatic N) is 1. The van der Waals surface area contributed by atoms with Crippen LogP contribution in [0.2, 0.25) is 0 Å². The number of amides is 1. The Balaban J connectivity index is 1.89. The monoisotopic (exact) mass is 344 g/mol. The first-order valence-corrected chi connectivity index (χ1v) is 8.35. The molecule has 0 aliphatic heterocycles. The van der Waals surface area contributed by atoms with E-state index in [1.165, 1.54) is 23.5 Å². The molecule has 0 radical (unpaired) electrons. The Kier molecular flexibility index (Phi) is 6.69. The van der Waals surface area contributed by atoms with E-state index in [1.54, 1.807) is 20.3 Å². The second kappa shape index (κ2) is 8.98. The fraction of sp³-hybridized carbons (Fsp3) is 0.222. The Morgan fingerprint density at radius 1 is 1.17 bits per heavy atom. The molecule has 0 spiro atoms. The summed E-state index contributed by atoms with van der Waals surface area (Å²) in [4.78, 5) is 12.9. The van der Waals surface area contributed by atoms with Crippen LogP contribution in [0.5, 0.6) is 11.5 Å². The summed E-state index contributed by atoms with van der Waals surface area (Å²) in [6.07, 6.45) is 1.54. The molecule has 0 bridgehead atoms. The zero-order chi connectivity index (χ0) is 17.4. The summed E-state index contributed by atoms with van der Waals surface area (Å²) < 4.78 is 10.5. The zero-order valence-electron chi connectivity index (χ0n) is 13.9. The van der Waals surface area contributed by atoms with Crippen molar-refractivity contribution in [1.82, 2.24) is 5.43 Å². The lowest BCUT2D eigenvalue weighted by molar-refractivity contribution is -0.118. The molecule has 0 saturated carbocycles. The maximum atomic E-state index is 11.8. The molecule has 0 unspecified atom stereocenters. The summed E-state index contributed by atoms with van der Waals surface area (Å²) in [5.74, 6) is 1.32. The van der Waals surface area contributed by atoms with Crippen molar-refractivity contribution >= 4 is 23.9 Å². The molecule has 2 aromatic rings. The molecule has 0 aliphatic rings. The third kappa shape index (κ3) is 5.03. The summed E-state index contributed by atoms with van der Waals surface area (Å²) in [5, 5.41) is 3.98. The molecule has 0 fully saturated rings. The van der Waals surface area contributed by atoms with Crippen molar-refractivity contribution in [2.24, 2.45) is 5.10 Å². The first-order valence-electron chi connectivity index (χ1n) is 7.36. The molecule has 0 heterocycles. The van der Waals surface area contributed by atoms with Crippen LogP contribution in [0.4, 0.5) is 0 Å². The lowest BCUT2D eigenvalue weighted by Gasteiger charge is -2.09. The van der Waals surface area contributed by atoms with E-state index >= 15 is 0 Å². The van der Waals surface area contributed by atoms with Crippen LogP contribution in [0.25, 0.3) is 0 Å². The Labute approximate surface area is 146 Å². The number of nitrogens with one attached hydrogen (secondary N) is 1. The van der Waals surface area contributed by atoms with Crippen LogP contribution in [0.3, 0.4) is 0 Å². The Hall–Kier alpha value is -2.47. The number of methoxy groups -OCH3 is 2. The number of rotatable bonds is 7. The number of hydrazone groups is 1. The topological polar surface area (TPSA) is 59.9 Å². The van der Waals surface area contributed by atoms with Crippen LogP contribution in [0.15, 0.2) is 52.5 Å². The summed E-state index contributed by atoms with van der Waals surface area (Å²) in [6.45, 7) is 2.03. The maximum Gasteiger partial charge on any atom is 0.250 e. The largest absolute Gasteiger partial charge is 0.493 e. The van der Waals surface area contributed by atoms with Crippen molar-refractivity contribution < 1.29 is 14.3 Å². The standard InChI is InChI=1S/C18H20N2O3S/c1-13-7-9-15(10-8-13)24-12-17(21)20-19-11-14-5-4-6-16(22-2)18(14)23-3/h4-11H,12H2,1-3H3,(H,20,21)/b19-11-. The van der Waals surface area contributed by atoms with E-state index in [0.717, 1.165) is 10.5 Å². The minimum Gasteiger partial charge on any atom is -0.493 e. The second-order valence-corrected chi connectivity index (χ2v) is 6.03. The Morgan fingerprint density at radius 3 is 2.58 bits per heavy atom. The minimum absolute atomic E-state index is 0.168. The van der Waals surface area contributed by atoms with Gasteiger partial charge in [-0.15, -0.1) is 11.8 Å². The predicted molar refractivity (Wildman–Crippen MR) is 97.2 cm³/mol. The van der Waals surface area contributed by atoms with E-state index in [4.69, 9.17) is 9.47 Å². The van der Waals surface area contributed by atoms with E-state index in [9.17, 15) is 4.79 Å². The summed E-state index contributed by atoms with van der Waals surface area (Å²) >= 11 is 1.47. The van der Waals surface area contributed by atoms with E-state index in [-0.39, 0.29) is 5.91 Å². The van der Waals surface area contributed by atoms with E-state index in [2.05, 4.69) is 10.5 Å². The highest BCUT2D eigenvalue weighted by molar-refractivity contribution is 8.00. The van der Waals surface area contributed by atoms with Gasteiger partial charge < -0.3 is 9.47 Å². The number of para-hydroxylation sites is 1. The van der Waals surface area contributed by atoms with Gasteiger partial charge in [0.15, 0.2) is 11.5 Å². The molecule has 0 aliphatic carbocycles.